The minimum absolute atomic E-state index is 0.678. The molecular weight excluding hydrogens is 172 g/mol. The van der Waals surface area contributed by atoms with Gasteiger partial charge < -0.3 is 11.1 Å². The molecule has 1 aliphatic rings. The molecule has 76 valence electrons. The fraction of sp³-hybridized carbons (Fsp3) is 0.500. The Balaban J connectivity index is 2.08. The summed E-state index contributed by atoms with van der Waals surface area (Å²) in [7, 11) is 0. The molecule has 0 unspecified atom stereocenters. The van der Waals surface area contributed by atoms with Crippen molar-refractivity contribution in [1.29, 1.82) is 0 Å². The van der Waals surface area contributed by atoms with Crippen molar-refractivity contribution in [3.8, 4) is 0 Å². The molecule has 2 rings (SSSR count). The van der Waals surface area contributed by atoms with Crippen molar-refractivity contribution in [2.45, 2.75) is 38.6 Å². The Labute approximate surface area is 85.5 Å². The van der Waals surface area contributed by atoms with Crippen LogP contribution in [0.5, 0.6) is 0 Å². The predicted octanol–water partition coefficient (Wildman–Crippen LogP) is 2.93. The van der Waals surface area contributed by atoms with E-state index in [0.29, 0.717) is 6.04 Å². The first-order chi connectivity index (χ1) is 6.75. The van der Waals surface area contributed by atoms with Gasteiger partial charge in [-0.15, -0.1) is 0 Å². The summed E-state index contributed by atoms with van der Waals surface area (Å²) in [6.45, 7) is 2.10. The van der Waals surface area contributed by atoms with Crippen LogP contribution in [-0.2, 0) is 0 Å². The number of hydrogen-bond acceptors (Lipinski definition) is 2. The lowest BCUT2D eigenvalue weighted by atomic mass is 10.1. The molecule has 1 aromatic rings. The van der Waals surface area contributed by atoms with E-state index in [-0.39, 0.29) is 0 Å². The van der Waals surface area contributed by atoms with Crippen molar-refractivity contribution in [3.63, 3.8) is 0 Å². The largest absolute Gasteiger partial charge is 0.399 e. The molecule has 0 atom stereocenters. The second kappa shape index (κ2) is 3.91. The number of nitrogens with two attached hydrogens (primary N) is 1. The zero-order valence-corrected chi connectivity index (χ0v) is 8.72. The van der Waals surface area contributed by atoms with Crippen LogP contribution in [0.4, 0.5) is 11.4 Å². The van der Waals surface area contributed by atoms with E-state index >= 15 is 0 Å². The topological polar surface area (TPSA) is 38.0 Å². The normalized spacial score (nSPS) is 17.2. The van der Waals surface area contributed by atoms with Gasteiger partial charge in [-0.25, -0.2) is 0 Å². The van der Waals surface area contributed by atoms with Crippen LogP contribution in [0.1, 0.15) is 31.2 Å². The van der Waals surface area contributed by atoms with Crippen molar-refractivity contribution in [2.24, 2.45) is 0 Å². The molecule has 1 saturated carbocycles. The van der Waals surface area contributed by atoms with Gasteiger partial charge in [0.15, 0.2) is 0 Å². The van der Waals surface area contributed by atoms with Gasteiger partial charge in [0, 0.05) is 17.4 Å². The van der Waals surface area contributed by atoms with Crippen LogP contribution in [-0.4, -0.2) is 6.04 Å². The van der Waals surface area contributed by atoms with Crippen LogP contribution < -0.4 is 11.1 Å². The summed E-state index contributed by atoms with van der Waals surface area (Å²) in [6, 6.07) is 6.75. The maximum Gasteiger partial charge on any atom is 0.0373 e. The SMILES string of the molecule is Cc1cc(N)ccc1NC1CCCC1. The highest BCUT2D eigenvalue weighted by atomic mass is 14.9. The van der Waals surface area contributed by atoms with Crippen LogP contribution in [0.15, 0.2) is 18.2 Å². The van der Waals surface area contributed by atoms with Gasteiger partial charge in [0.25, 0.3) is 0 Å². The molecule has 14 heavy (non-hydrogen) atoms. The molecule has 0 aliphatic heterocycles. The van der Waals surface area contributed by atoms with Crippen molar-refractivity contribution >= 4 is 11.4 Å². The summed E-state index contributed by atoms with van der Waals surface area (Å²) in [6.07, 6.45) is 5.35. The van der Waals surface area contributed by atoms with E-state index < -0.39 is 0 Å². The van der Waals surface area contributed by atoms with Gasteiger partial charge in [0.1, 0.15) is 0 Å². The quantitative estimate of drug-likeness (QED) is 0.704. The molecular formula is C12H18N2. The lowest BCUT2D eigenvalue weighted by Crippen LogP contribution is -2.15. The van der Waals surface area contributed by atoms with Gasteiger partial charge in [0.2, 0.25) is 0 Å². The maximum absolute atomic E-state index is 5.71. The zero-order valence-electron chi connectivity index (χ0n) is 8.72. The molecule has 0 heterocycles. The van der Waals surface area contributed by atoms with Gasteiger partial charge in [-0.2, -0.15) is 0 Å². The third-order valence-electron chi connectivity index (χ3n) is 2.97. The second-order valence-corrected chi connectivity index (χ2v) is 4.20. The molecule has 0 saturated heterocycles. The zero-order chi connectivity index (χ0) is 9.97. The summed E-state index contributed by atoms with van der Waals surface area (Å²) in [5.74, 6) is 0. The van der Waals surface area contributed by atoms with E-state index in [2.05, 4.69) is 18.3 Å². The third kappa shape index (κ3) is 2.00. The molecule has 0 radical (unpaired) electrons. The van der Waals surface area contributed by atoms with E-state index in [1.54, 1.807) is 0 Å². The van der Waals surface area contributed by atoms with Gasteiger partial charge in [-0.3, -0.25) is 0 Å². The molecule has 0 amide bonds. The number of benzene rings is 1. The van der Waals surface area contributed by atoms with Crippen molar-refractivity contribution in [3.05, 3.63) is 23.8 Å². The van der Waals surface area contributed by atoms with Gasteiger partial charge in [-0.05, 0) is 43.5 Å². The Morgan fingerprint density at radius 1 is 1.29 bits per heavy atom. The predicted molar refractivity (Wildman–Crippen MR) is 61.5 cm³/mol. The number of anilines is 2. The van der Waals surface area contributed by atoms with Crippen LogP contribution in [0.25, 0.3) is 0 Å². The Morgan fingerprint density at radius 3 is 2.64 bits per heavy atom. The number of nitrogen functional groups attached to an aromatic ring is 1. The lowest BCUT2D eigenvalue weighted by Gasteiger charge is -2.15. The minimum Gasteiger partial charge on any atom is -0.399 e. The molecule has 2 heteroatoms. The number of nitrogens with one attached hydrogen (secondary N) is 1. The molecule has 0 aromatic heterocycles. The molecule has 3 N–H and O–H groups in total. The number of hydrogen-bond donors (Lipinski definition) is 2. The van der Waals surface area contributed by atoms with E-state index in [1.165, 1.54) is 36.9 Å². The van der Waals surface area contributed by atoms with Gasteiger partial charge in [0.05, 0.1) is 0 Å². The van der Waals surface area contributed by atoms with Crippen LogP contribution in [0, 0.1) is 6.92 Å². The summed E-state index contributed by atoms with van der Waals surface area (Å²) in [4.78, 5) is 0. The Morgan fingerprint density at radius 2 is 2.00 bits per heavy atom. The first kappa shape index (κ1) is 9.38. The highest BCUT2D eigenvalue weighted by Gasteiger charge is 2.14. The second-order valence-electron chi connectivity index (χ2n) is 4.20. The van der Waals surface area contributed by atoms with E-state index in [9.17, 15) is 0 Å². The summed E-state index contributed by atoms with van der Waals surface area (Å²) < 4.78 is 0. The Hall–Kier alpha value is -1.18. The fourth-order valence-corrected chi connectivity index (χ4v) is 2.14. The Bertz CT molecular complexity index is 314. The minimum atomic E-state index is 0.678. The van der Waals surface area contributed by atoms with E-state index in [4.69, 9.17) is 5.73 Å². The molecule has 2 nitrogen and oxygen atoms in total. The smallest absolute Gasteiger partial charge is 0.0373 e. The average molecular weight is 190 g/mol. The summed E-state index contributed by atoms with van der Waals surface area (Å²) >= 11 is 0. The molecule has 1 aromatic carbocycles. The van der Waals surface area contributed by atoms with E-state index in [0.717, 1.165) is 5.69 Å². The first-order valence-electron chi connectivity index (χ1n) is 5.38. The lowest BCUT2D eigenvalue weighted by molar-refractivity contribution is 0.754. The van der Waals surface area contributed by atoms with Gasteiger partial charge in [-0.1, -0.05) is 12.8 Å². The first-order valence-corrected chi connectivity index (χ1v) is 5.38. The molecule has 0 spiro atoms. The highest BCUT2D eigenvalue weighted by molar-refractivity contribution is 5.57. The maximum atomic E-state index is 5.71. The third-order valence-corrected chi connectivity index (χ3v) is 2.97. The van der Waals surface area contributed by atoms with Crippen LogP contribution >= 0.6 is 0 Å². The molecule has 1 aliphatic carbocycles. The van der Waals surface area contributed by atoms with Crippen LogP contribution in [0.2, 0.25) is 0 Å². The molecule has 0 bridgehead atoms. The molecule has 1 fully saturated rings. The standard InChI is InChI=1S/C12H18N2/c1-9-8-10(13)6-7-12(9)14-11-4-2-3-5-11/h6-8,11,14H,2-5,13H2,1H3. The van der Waals surface area contributed by atoms with Gasteiger partial charge >= 0.3 is 0 Å². The monoisotopic (exact) mass is 190 g/mol. The summed E-state index contributed by atoms with van der Waals surface area (Å²) in [5.41, 5.74) is 9.04. The number of rotatable bonds is 2. The highest BCUT2D eigenvalue weighted by Crippen LogP contribution is 2.25. The van der Waals surface area contributed by atoms with Crippen molar-refractivity contribution < 1.29 is 0 Å². The Kier molecular flexibility index (Phi) is 2.62. The van der Waals surface area contributed by atoms with E-state index in [1.807, 2.05) is 12.1 Å². The fourth-order valence-electron chi connectivity index (χ4n) is 2.14. The summed E-state index contributed by atoms with van der Waals surface area (Å²) in [5, 5.41) is 3.58. The van der Waals surface area contributed by atoms with Crippen molar-refractivity contribution in [2.75, 3.05) is 11.1 Å². The number of aryl methyl sites for hydroxylation is 1. The van der Waals surface area contributed by atoms with Crippen LogP contribution in [0.3, 0.4) is 0 Å². The van der Waals surface area contributed by atoms with Crippen molar-refractivity contribution in [1.82, 2.24) is 0 Å². The average Bonchev–Trinajstić information content (AvgIpc) is 2.62.